The first-order valence-electron chi connectivity index (χ1n) is 13.2. The van der Waals surface area contributed by atoms with Crippen LogP contribution in [-0.4, -0.2) is 17.9 Å². The molecule has 0 unspecified atom stereocenters. The first-order valence-corrected chi connectivity index (χ1v) is 13.2. The largest absolute Gasteiger partial charge is 0.420 e. The van der Waals surface area contributed by atoms with Crippen molar-refractivity contribution in [3.63, 3.8) is 0 Å². The number of esters is 1. The van der Waals surface area contributed by atoms with E-state index >= 15 is 0 Å². The lowest BCUT2D eigenvalue weighted by atomic mass is 9.80. The Morgan fingerprint density at radius 1 is 0.800 bits per heavy atom. The highest BCUT2D eigenvalue weighted by atomic mass is 19.2. The molecule has 8 heteroatoms. The van der Waals surface area contributed by atoms with Crippen LogP contribution >= 0.6 is 0 Å². The van der Waals surface area contributed by atoms with Crippen molar-refractivity contribution in [2.24, 2.45) is 5.92 Å². The first kappa shape index (κ1) is 29.1. The Morgan fingerprint density at radius 3 is 1.74 bits per heavy atom. The maximum Gasteiger partial charge on any atom is 0.314 e. The Morgan fingerprint density at radius 2 is 1.26 bits per heavy atom. The summed E-state index contributed by atoms with van der Waals surface area (Å²) >= 11 is 0. The van der Waals surface area contributed by atoms with E-state index in [-0.39, 0.29) is 30.9 Å². The van der Waals surface area contributed by atoms with Crippen molar-refractivity contribution in [3.05, 3.63) is 29.3 Å². The van der Waals surface area contributed by atoms with Crippen molar-refractivity contribution in [1.82, 2.24) is 5.32 Å². The van der Waals surface area contributed by atoms with E-state index < -0.39 is 40.9 Å². The Bertz CT molecular complexity index is 786. The Balaban J connectivity index is 1.49. The molecule has 0 bridgehead atoms. The normalized spacial score (nSPS) is 17.2. The fourth-order valence-electron chi connectivity index (χ4n) is 4.36. The van der Waals surface area contributed by atoms with Crippen LogP contribution < -0.4 is 10.1 Å². The van der Waals surface area contributed by atoms with Crippen LogP contribution in [0.3, 0.4) is 0 Å². The first-order chi connectivity index (χ1) is 16.8. The lowest BCUT2D eigenvalue weighted by Gasteiger charge is -2.34. The molecule has 2 rings (SSSR count). The third-order valence-electron chi connectivity index (χ3n) is 6.62. The van der Waals surface area contributed by atoms with Crippen molar-refractivity contribution in [2.75, 3.05) is 0 Å². The van der Waals surface area contributed by atoms with Gasteiger partial charge in [-0.1, -0.05) is 84.0 Å². The maximum atomic E-state index is 13.6. The molecule has 0 saturated heterocycles. The Hall–Kier alpha value is -2.12. The van der Waals surface area contributed by atoms with E-state index in [4.69, 9.17) is 0 Å². The van der Waals surface area contributed by atoms with E-state index in [9.17, 15) is 27.2 Å². The molecule has 0 heterocycles. The number of ether oxygens (including phenoxy) is 1. The number of carbonyl (C=O) groups is 2. The van der Waals surface area contributed by atoms with Gasteiger partial charge in [0.25, 0.3) is 0 Å². The van der Waals surface area contributed by atoms with E-state index in [1.54, 1.807) is 0 Å². The lowest BCUT2D eigenvalue weighted by molar-refractivity contribution is -0.144. The van der Waals surface area contributed by atoms with Crippen molar-refractivity contribution in [1.29, 1.82) is 0 Å². The summed E-state index contributed by atoms with van der Waals surface area (Å²) in [7, 11) is 0. The molecular formula is C27H39F4NO3. The van der Waals surface area contributed by atoms with E-state index in [1.165, 1.54) is 64.2 Å². The SMILES string of the molecule is CCCCCCCCCCCCCCCC(=O)N[C@H]1C[C@H](C(=O)Oc2c(F)c(F)cc(F)c2F)C1. The minimum atomic E-state index is -1.75. The van der Waals surface area contributed by atoms with Gasteiger partial charge >= 0.3 is 5.97 Å². The molecule has 0 spiro atoms. The van der Waals surface area contributed by atoms with Gasteiger partial charge in [0.05, 0.1) is 5.92 Å². The van der Waals surface area contributed by atoms with Crippen LogP contribution in [0.15, 0.2) is 6.07 Å². The van der Waals surface area contributed by atoms with Gasteiger partial charge in [-0.2, -0.15) is 8.78 Å². The van der Waals surface area contributed by atoms with Crippen LogP contribution in [0.2, 0.25) is 0 Å². The highest BCUT2D eigenvalue weighted by molar-refractivity contribution is 5.79. The fraction of sp³-hybridized carbons (Fsp3) is 0.704. The van der Waals surface area contributed by atoms with Gasteiger partial charge in [-0.25, -0.2) is 8.78 Å². The number of carbonyl (C=O) groups excluding carboxylic acids is 2. The van der Waals surface area contributed by atoms with Crippen LogP contribution in [0.5, 0.6) is 5.75 Å². The van der Waals surface area contributed by atoms with Gasteiger partial charge in [0, 0.05) is 18.5 Å². The summed E-state index contributed by atoms with van der Waals surface area (Å²) in [5.74, 6) is -9.91. The molecule has 35 heavy (non-hydrogen) atoms. The number of amides is 1. The molecule has 1 fully saturated rings. The number of benzene rings is 1. The summed E-state index contributed by atoms with van der Waals surface area (Å²) in [6.45, 7) is 2.23. The van der Waals surface area contributed by atoms with Gasteiger partial charge in [-0.05, 0) is 19.3 Å². The second kappa shape index (κ2) is 15.8. The molecule has 0 aromatic heterocycles. The van der Waals surface area contributed by atoms with Gasteiger partial charge in [0.15, 0.2) is 11.6 Å². The standard InChI is InChI=1S/C27H39F4NO3/c1-2-3-4-5-6-7-8-9-10-11-12-13-14-15-23(33)32-20-16-19(17-20)27(34)35-26-24(30)21(28)18-22(29)25(26)31/h18-20H,2-17H2,1H3,(H,32,33)/t19-,20-. The van der Waals surface area contributed by atoms with Crippen LogP contribution in [0.1, 0.15) is 110 Å². The fourth-order valence-corrected chi connectivity index (χ4v) is 4.36. The molecule has 0 aliphatic heterocycles. The smallest absolute Gasteiger partial charge is 0.314 e. The zero-order valence-corrected chi connectivity index (χ0v) is 20.8. The average molecular weight is 502 g/mol. The van der Waals surface area contributed by atoms with Gasteiger partial charge < -0.3 is 10.1 Å². The highest BCUT2D eigenvalue weighted by Gasteiger charge is 2.37. The summed E-state index contributed by atoms with van der Waals surface area (Å²) < 4.78 is 58.3. The van der Waals surface area contributed by atoms with Gasteiger partial charge in [-0.15, -0.1) is 0 Å². The maximum absolute atomic E-state index is 13.6. The zero-order valence-electron chi connectivity index (χ0n) is 20.8. The molecule has 1 aliphatic rings. The third-order valence-corrected chi connectivity index (χ3v) is 6.62. The highest BCUT2D eigenvalue weighted by Crippen LogP contribution is 2.32. The molecule has 0 radical (unpaired) electrons. The van der Waals surface area contributed by atoms with Crippen molar-refractivity contribution < 1.29 is 31.9 Å². The molecule has 198 valence electrons. The molecular weight excluding hydrogens is 462 g/mol. The minimum Gasteiger partial charge on any atom is -0.420 e. The Labute approximate surface area is 206 Å². The number of hydrogen-bond donors (Lipinski definition) is 1. The average Bonchev–Trinajstić information content (AvgIpc) is 2.80. The van der Waals surface area contributed by atoms with E-state index in [1.807, 2.05) is 0 Å². The zero-order chi connectivity index (χ0) is 25.6. The topological polar surface area (TPSA) is 55.4 Å². The Kier molecular flexibility index (Phi) is 13.1. The number of unbranched alkanes of at least 4 members (excludes halogenated alkanes) is 12. The van der Waals surface area contributed by atoms with Crippen molar-refractivity contribution in [3.8, 4) is 5.75 Å². The molecule has 1 amide bonds. The summed E-state index contributed by atoms with van der Waals surface area (Å²) in [5, 5.41) is 2.83. The summed E-state index contributed by atoms with van der Waals surface area (Å²) in [5.41, 5.74) is 0. The monoisotopic (exact) mass is 501 g/mol. The van der Waals surface area contributed by atoms with E-state index in [0.717, 1.165) is 19.3 Å². The predicted octanol–water partition coefficient (Wildman–Crippen LogP) is 7.52. The number of nitrogens with one attached hydrogen (secondary N) is 1. The van der Waals surface area contributed by atoms with Gasteiger partial charge in [0.2, 0.25) is 23.3 Å². The molecule has 1 saturated carbocycles. The number of rotatable bonds is 17. The quantitative estimate of drug-likeness (QED) is 0.0789. The van der Waals surface area contributed by atoms with Crippen molar-refractivity contribution in [2.45, 2.75) is 116 Å². The summed E-state index contributed by atoms with van der Waals surface area (Å²) in [4.78, 5) is 24.1. The molecule has 1 aromatic carbocycles. The second-order valence-corrected chi connectivity index (χ2v) is 9.64. The third kappa shape index (κ3) is 10.2. The number of halogens is 4. The summed E-state index contributed by atoms with van der Waals surface area (Å²) in [6.07, 6.45) is 16.9. The molecule has 0 atom stereocenters. The van der Waals surface area contributed by atoms with Gasteiger partial charge in [0.1, 0.15) is 0 Å². The molecule has 1 N–H and O–H groups in total. The number of hydrogen-bond acceptors (Lipinski definition) is 3. The van der Waals surface area contributed by atoms with Gasteiger partial charge in [-0.3, -0.25) is 9.59 Å². The predicted molar refractivity (Wildman–Crippen MR) is 127 cm³/mol. The van der Waals surface area contributed by atoms with Crippen LogP contribution in [0.25, 0.3) is 0 Å². The van der Waals surface area contributed by atoms with Crippen LogP contribution in [0.4, 0.5) is 17.6 Å². The molecule has 1 aromatic rings. The second-order valence-electron chi connectivity index (χ2n) is 9.64. The van der Waals surface area contributed by atoms with Crippen molar-refractivity contribution >= 4 is 11.9 Å². The van der Waals surface area contributed by atoms with Crippen LogP contribution in [-0.2, 0) is 9.59 Å². The van der Waals surface area contributed by atoms with Crippen LogP contribution in [0, 0.1) is 29.2 Å². The lowest BCUT2D eigenvalue weighted by Crippen LogP contribution is -2.47. The minimum absolute atomic E-state index is 0.0498. The molecule has 1 aliphatic carbocycles. The summed E-state index contributed by atoms with van der Waals surface area (Å²) in [6, 6.07) is -0.172. The van der Waals surface area contributed by atoms with E-state index in [0.29, 0.717) is 6.42 Å². The molecule has 4 nitrogen and oxygen atoms in total. The van der Waals surface area contributed by atoms with E-state index in [2.05, 4.69) is 17.0 Å².